The Morgan fingerprint density at radius 1 is 1.17 bits per heavy atom. The second-order valence-electron chi connectivity index (χ2n) is 6.57. The van der Waals surface area contributed by atoms with Crippen LogP contribution in [0, 0.1) is 0 Å². The van der Waals surface area contributed by atoms with Crippen molar-refractivity contribution in [3.63, 3.8) is 0 Å². The van der Waals surface area contributed by atoms with Gasteiger partial charge in [-0.1, -0.05) is 0 Å². The Labute approximate surface area is 174 Å². The number of aryl methyl sites for hydroxylation is 1. The van der Waals surface area contributed by atoms with E-state index in [1.807, 2.05) is 6.07 Å². The van der Waals surface area contributed by atoms with E-state index in [1.165, 1.54) is 17.4 Å². The van der Waals surface area contributed by atoms with E-state index in [0.29, 0.717) is 28.7 Å². The largest absolute Gasteiger partial charge is 0.497 e. The maximum atomic E-state index is 12.5. The molecular formula is C22H25NO5S. The van der Waals surface area contributed by atoms with Crippen LogP contribution in [0.4, 0.5) is 5.00 Å². The van der Waals surface area contributed by atoms with E-state index in [9.17, 15) is 9.59 Å². The highest BCUT2D eigenvalue weighted by Crippen LogP contribution is 2.38. The number of thiophene rings is 1. The number of esters is 1. The lowest BCUT2D eigenvalue weighted by Crippen LogP contribution is -2.14. The molecule has 1 aliphatic carbocycles. The van der Waals surface area contributed by atoms with Gasteiger partial charge in [0.2, 0.25) is 5.91 Å². The van der Waals surface area contributed by atoms with Crippen molar-refractivity contribution in [2.45, 2.75) is 32.6 Å². The first-order valence-corrected chi connectivity index (χ1v) is 10.4. The monoisotopic (exact) mass is 415 g/mol. The molecular weight excluding hydrogens is 390 g/mol. The molecule has 1 aromatic carbocycles. The zero-order chi connectivity index (χ0) is 20.8. The number of fused-ring (bicyclic) bond motifs is 1. The van der Waals surface area contributed by atoms with Crippen molar-refractivity contribution in [1.82, 2.24) is 0 Å². The topological polar surface area (TPSA) is 73.9 Å². The normalized spacial score (nSPS) is 13.1. The molecule has 1 heterocycles. The molecule has 0 aliphatic heterocycles. The van der Waals surface area contributed by atoms with Crippen LogP contribution in [0.5, 0.6) is 11.5 Å². The predicted molar refractivity (Wildman–Crippen MR) is 114 cm³/mol. The van der Waals surface area contributed by atoms with Crippen LogP contribution in [0.2, 0.25) is 0 Å². The lowest BCUT2D eigenvalue weighted by atomic mass is 9.95. The van der Waals surface area contributed by atoms with Crippen molar-refractivity contribution in [2.75, 3.05) is 26.1 Å². The smallest absolute Gasteiger partial charge is 0.341 e. The Morgan fingerprint density at radius 2 is 1.97 bits per heavy atom. The summed E-state index contributed by atoms with van der Waals surface area (Å²) in [7, 11) is 3.15. The molecule has 0 atom stereocenters. The molecule has 0 bridgehead atoms. The molecule has 0 spiro atoms. The molecule has 154 valence electrons. The summed E-state index contributed by atoms with van der Waals surface area (Å²) < 4.78 is 15.8. The number of ether oxygens (including phenoxy) is 3. The van der Waals surface area contributed by atoms with Crippen LogP contribution >= 0.6 is 11.3 Å². The summed E-state index contributed by atoms with van der Waals surface area (Å²) in [4.78, 5) is 26.2. The molecule has 2 aromatic rings. The van der Waals surface area contributed by atoms with E-state index in [1.54, 1.807) is 39.4 Å². The number of amides is 1. The summed E-state index contributed by atoms with van der Waals surface area (Å²) in [5.41, 5.74) is 2.28. The van der Waals surface area contributed by atoms with Crippen LogP contribution in [0.25, 0.3) is 6.08 Å². The summed E-state index contributed by atoms with van der Waals surface area (Å²) in [6.07, 6.45) is 7.01. The third-order valence-electron chi connectivity index (χ3n) is 4.74. The minimum atomic E-state index is -0.372. The SMILES string of the molecule is CCOC(=O)c1c(NC(=O)C=Cc2ccc(OC)cc2OC)sc2c1CCCC2. The molecule has 3 rings (SSSR count). The van der Waals surface area contributed by atoms with E-state index in [4.69, 9.17) is 14.2 Å². The van der Waals surface area contributed by atoms with Gasteiger partial charge in [0.15, 0.2) is 0 Å². The van der Waals surface area contributed by atoms with Gasteiger partial charge in [-0.25, -0.2) is 4.79 Å². The van der Waals surface area contributed by atoms with Crippen LogP contribution in [-0.2, 0) is 22.4 Å². The fraction of sp³-hybridized carbons (Fsp3) is 0.364. The lowest BCUT2D eigenvalue weighted by molar-refractivity contribution is -0.111. The Morgan fingerprint density at radius 3 is 2.69 bits per heavy atom. The summed E-state index contributed by atoms with van der Waals surface area (Å²) in [6.45, 7) is 2.08. The van der Waals surface area contributed by atoms with Crippen molar-refractivity contribution >= 4 is 34.3 Å². The molecule has 1 N–H and O–H groups in total. The number of hydrogen-bond acceptors (Lipinski definition) is 6. The van der Waals surface area contributed by atoms with Crippen molar-refractivity contribution in [3.8, 4) is 11.5 Å². The lowest BCUT2D eigenvalue weighted by Gasteiger charge is -2.12. The quantitative estimate of drug-likeness (QED) is 0.533. The molecule has 6 nitrogen and oxygen atoms in total. The van der Waals surface area contributed by atoms with E-state index in [-0.39, 0.29) is 11.9 Å². The van der Waals surface area contributed by atoms with E-state index in [2.05, 4.69) is 5.32 Å². The molecule has 0 radical (unpaired) electrons. The van der Waals surface area contributed by atoms with Crippen molar-refractivity contribution in [1.29, 1.82) is 0 Å². The van der Waals surface area contributed by atoms with Crippen molar-refractivity contribution in [3.05, 3.63) is 45.8 Å². The molecule has 0 saturated heterocycles. The van der Waals surface area contributed by atoms with Crippen LogP contribution < -0.4 is 14.8 Å². The first-order valence-electron chi connectivity index (χ1n) is 9.60. The third-order valence-corrected chi connectivity index (χ3v) is 5.95. The molecule has 0 unspecified atom stereocenters. The van der Waals surface area contributed by atoms with E-state index < -0.39 is 0 Å². The number of anilines is 1. The van der Waals surface area contributed by atoms with Gasteiger partial charge in [-0.2, -0.15) is 0 Å². The van der Waals surface area contributed by atoms with Gasteiger partial charge in [-0.15, -0.1) is 11.3 Å². The van der Waals surface area contributed by atoms with Gasteiger partial charge in [0.05, 0.1) is 26.4 Å². The van der Waals surface area contributed by atoms with Crippen molar-refractivity contribution < 1.29 is 23.8 Å². The Bertz CT molecular complexity index is 932. The Balaban J connectivity index is 1.81. The minimum Gasteiger partial charge on any atom is -0.497 e. The maximum absolute atomic E-state index is 12.5. The molecule has 7 heteroatoms. The molecule has 1 aromatic heterocycles. The molecule has 0 fully saturated rings. The summed E-state index contributed by atoms with van der Waals surface area (Å²) in [6, 6.07) is 5.37. The Kier molecular flexibility index (Phi) is 6.93. The summed E-state index contributed by atoms with van der Waals surface area (Å²) in [5.74, 6) is 0.592. The van der Waals surface area contributed by atoms with Gasteiger partial charge in [0.1, 0.15) is 16.5 Å². The van der Waals surface area contributed by atoms with Gasteiger partial charge in [0.25, 0.3) is 0 Å². The molecule has 1 aliphatic rings. The summed E-state index contributed by atoms with van der Waals surface area (Å²) in [5, 5.41) is 3.43. The number of benzene rings is 1. The standard InChI is InChI=1S/C22H25NO5S/c1-4-28-22(25)20-16-7-5-6-8-18(16)29-21(20)23-19(24)12-10-14-9-11-15(26-2)13-17(14)27-3/h9-13H,4-8H2,1-3H3,(H,23,24). The van der Waals surface area contributed by atoms with Crippen LogP contribution in [0.1, 0.15) is 46.1 Å². The third kappa shape index (κ3) is 4.79. The average Bonchev–Trinajstić information content (AvgIpc) is 3.10. The number of hydrogen-bond donors (Lipinski definition) is 1. The first-order chi connectivity index (χ1) is 14.1. The number of nitrogens with one attached hydrogen (secondary N) is 1. The van der Waals surface area contributed by atoms with Gasteiger partial charge in [-0.05, 0) is 56.4 Å². The van der Waals surface area contributed by atoms with Crippen LogP contribution in [0.3, 0.4) is 0 Å². The predicted octanol–water partition coefficient (Wildman–Crippen LogP) is 4.47. The Hall–Kier alpha value is -2.80. The van der Waals surface area contributed by atoms with Crippen LogP contribution in [0.15, 0.2) is 24.3 Å². The molecule has 1 amide bonds. The van der Waals surface area contributed by atoms with Gasteiger partial charge in [0, 0.05) is 22.6 Å². The highest BCUT2D eigenvalue weighted by molar-refractivity contribution is 7.17. The maximum Gasteiger partial charge on any atom is 0.341 e. The fourth-order valence-corrected chi connectivity index (χ4v) is 4.63. The van der Waals surface area contributed by atoms with Crippen molar-refractivity contribution in [2.24, 2.45) is 0 Å². The zero-order valence-corrected chi connectivity index (χ0v) is 17.7. The van der Waals surface area contributed by atoms with Gasteiger partial charge >= 0.3 is 5.97 Å². The number of carbonyl (C=O) groups is 2. The van der Waals surface area contributed by atoms with Gasteiger partial charge < -0.3 is 19.5 Å². The number of methoxy groups -OCH3 is 2. The highest BCUT2D eigenvalue weighted by Gasteiger charge is 2.26. The highest BCUT2D eigenvalue weighted by atomic mass is 32.1. The molecule has 29 heavy (non-hydrogen) atoms. The van der Waals surface area contributed by atoms with Crippen LogP contribution in [-0.4, -0.2) is 32.7 Å². The van der Waals surface area contributed by atoms with E-state index in [0.717, 1.165) is 41.7 Å². The first kappa shape index (κ1) is 20.9. The number of rotatable bonds is 7. The van der Waals surface area contributed by atoms with E-state index >= 15 is 0 Å². The minimum absolute atomic E-state index is 0.300. The second-order valence-corrected chi connectivity index (χ2v) is 7.67. The molecule has 0 saturated carbocycles. The second kappa shape index (κ2) is 9.60. The van der Waals surface area contributed by atoms with Gasteiger partial charge in [-0.3, -0.25) is 4.79 Å². The number of carbonyl (C=O) groups excluding carboxylic acids is 2. The fourth-order valence-electron chi connectivity index (χ4n) is 3.35. The average molecular weight is 416 g/mol. The summed E-state index contributed by atoms with van der Waals surface area (Å²) >= 11 is 1.47. The zero-order valence-electron chi connectivity index (χ0n) is 16.9.